The molecule has 2 aliphatic rings. The maximum absolute atomic E-state index is 13.2. The van der Waals surface area contributed by atoms with E-state index in [0.717, 1.165) is 0 Å². The van der Waals surface area contributed by atoms with Gasteiger partial charge in [-0.3, -0.25) is 24.0 Å². The SMILES string of the molecule is CC(=O)N1CCN(C(=O)c2cc(C(=O)C(C)C)cc(C(=O)N3CCN(C(C)=O)CC3)c2)CC1. The Kier molecular flexibility index (Phi) is 7.50. The Labute approximate surface area is 194 Å². The van der Waals surface area contributed by atoms with Crippen molar-refractivity contribution >= 4 is 29.4 Å². The number of piperazine rings is 2. The molecule has 0 unspecified atom stereocenters. The summed E-state index contributed by atoms with van der Waals surface area (Å²) in [6.45, 7) is 9.99. The third-order valence-electron chi connectivity index (χ3n) is 6.26. The minimum atomic E-state index is -0.281. The highest BCUT2D eigenvalue weighted by molar-refractivity contribution is 6.05. The van der Waals surface area contributed by atoms with Crippen LogP contribution in [0, 0.1) is 5.92 Å². The lowest BCUT2D eigenvalue weighted by Gasteiger charge is -2.35. The first-order valence-corrected chi connectivity index (χ1v) is 11.4. The van der Waals surface area contributed by atoms with Crippen LogP contribution in [-0.4, -0.2) is 101 Å². The smallest absolute Gasteiger partial charge is 0.254 e. The molecular weight excluding hydrogens is 424 g/mol. The standard InChI is InChI=1S/C24H32N4O5/c1-16(2)22(31)19-13-20(23(32)27-9-5-25(6-10-27)17(3)29)15-21(14-19)24(33)28-11-7-26(8-12-28)18(4)30/h13-16H,5-12H2,1-4H3. The average Bonchev–Trinajstić information content (AvgIpc) is 2.82. The van der Waals surface area contributed by atoms with Crippen molar-refractivity contribution in [3.63, 3.8) is 0 Å². The quantitative estimate of drug-likeness (QED) is 0.633. The molecule has 178 valence electrons. The van der Waals surface area contributed by atoms with Crippen LogP contribution in [0.5, 0.6) is 0 Å². The summed E-state index contributed by atoms with van der Waals surface area (Å²) in [6.07, 6.45) is 0. The van der Waals surface area contributed by atoms with Gasteiger partial charge in [-0.2, -0.15) is 0 Å². The summed E-state index contributed by atoms with van der Waals surface area (Å²) >= 11 is 0. The average molecular weight is 457 g/mol. The molecule has 0 aliphatic carbocycles. The fourth-order valence-electron chi connectivity index (χ4n) is 4.16. The number of benzene rings is 1. The molecule has 0 spiro atoms. The zero-order valence-electron chi connectivity index (χ0n) is 19.8. The van der Waals surface area contributed by atoms with Gasteiger partial charge in [0.05, 0.1) is 0 Å². The maximum atomic E-state index is 13.2. The van der Waals surface area contributed by atoms with Crippen LogP contribution >= 0.6 is 0 Å². The highest BCUT2D eigenvalue weighted by atomic mass is 16.2. The third kappa shape index (κ3) is 5.58. The van der Waals surface area contributed by atoms with Crippen molar-refractivity contribution in [3.05, 3.63) is 34.9 Å². The Morgan fingerprint density at radius 1 is 0.576 bits per heavy atom. The lowest BCUT2D eigenvalue weighted by molar-refractivity contribution is -0.131. The van der Waals surface area contributed by atoms with E-state index in [1.54, 1.807) is 51.6 Å². The van der Waals surface area contributed by atoms with E-state index >= 15 is 0 Å². The summed E-state index contributed by atoms with van der Waals surface area (Å²) in [7, 11) is 0. The van der Waals surface area contributed by atoms with Gasteiger partial charge >= 0.3 is 0 Å². The molecule has 0 bridgehead atoms. The van der Waals surface area contributed by atoms with E-state index in [2.05, 4.69) is 0 Å². The zero-order valence-corrected chi connectivity index (χ0v) is 19.8. The van der Waals surface area contributed by atoms with Crippen LogP contribution in [0.4, 0.5) is 0 Å². The van der Waals surface area contributed by atoms with Gasteiger partial charge in [0.2, 0.25) is 11.8 Å². The van der Waals surface area contributed by atoms with Gasteiger partial charge < -0.3 is 19.6 Å². The molecule has 2 fully saturated rings. The number of hydrogen-bond acceptors (Lipinski definition) is 5. The summed E-state index contributed by atoms with van der Waals surface area (Å²) in [5, 5.41) is 0. The fraction of sp³-hybridized carbons (Fsp3) is 0.542. The molecule has 9 heteroatoms. The number of ketones is 1. The van der Waals surface area contributed by atoms with Crippen LogP contribution in [0.15, 0.2) is 18.2 Å². The van der Waals surface area contributed by atoms with E-state index < -0.39 is 0 Å². The van der Waals surface area contributed by atoms with Crippen LogP contribution < -0.4 is 0 Å². The van der Waals surface area contributed by atoms with Gasteiger partial charge in [-0.25, -0.2) is 0 Å². The molecule has 1 aromatic rings. The first-order valence-electron chi connectivity index (χ1n) is 11.4. The molecule has 2 heterocycles. The predicted molar refractivity (Wildman–Crippen MR) is 122 cm³/mol. The van der Waals surface area contributed by atoms with Crippen molar-refractivity contribution in [2.24, 2.45) is 5.92 Å². The molecule has 0 saturated carbocycles. The van der Waals surface area contributed by atoms with Crippen molar-refractivity contribution < 1.29 is 24.0 Å². The van der Waals surface area contributed by atoms with Crippen molar-refractivity contribution in [2.75, 3.05) is 52.4 Å². The highest BCUT2D eigenvalue weighted by Crippen LogP contribution is 2.19. The molecule has 4 amide bonds. The van der Waals surface area contributed by atoms with Crippen molar-refractivity contribution in [2.45, 2.75) is 27.7 Å². The number of rotatable bonds is 4. The molecule has 9 nitrogen and oxygen atoms in total. The first-order chi connectivity index (χ1) is 15.6. The van der Waals surface area contributed by atoms with Gasteiger partial charge in [-0.05, 0) is 18.2 Å². The van der Waals surface area contributed by atoms with E-state index in [0.29, 0.717) is 69.0 Å². The Bertz CT molecular complexity index is 893. The minimum Gasteiger partial charge on any atom is -0.339 e. The molecule has 2 saturated heterocycles. The van der Waals surface area contributed by atoms with E-state index in [-0.39, 0.29) is 35.3 Å². The van der Waals surface area contributed by atoms with Crippen LogP contribution in [-0.2, 0) is 9.59 Å². The highest BCUT2D eigenvalue weighted by Gasteiger charge is 2.28. The van der Waals surface area contributed by atoms with E-state index in [9.17, 15) is 24.0 Å². The molecule has 0 aromatic heterocycles. The summed E-state index contributed by atoms with van der Waals surface area (Å²) in [6, 6.07) is 4.68. The maximum Gasteiger partial charge on any atom is 0.254 e. The Morgan fingerprint density at radius 2 is 0.879 bits per heavy atom. The van der Waals surface area contributed by atoms with Gasteiger partial charge in [-0.1, -0.05) is 13.8 Å². The van der Waals surface area contributed by atoms with Gasteiger partial charge in [-0.15, -0.1) is 0 Å². The van der Waals surface area contributed by atoms with Crippen molar-refractivity contribution in [1.82, 2.24) is 19.6 Å². The van der Waals surface area contributed by atoms with Gasteiger partial charge in [0.1, 0.15) is 0 Å². The molecule has 0 atom stereocenters. The lowest BCUT2D eigenvalue weighted by Crippen LogP contribution is -2.50. The van der Waals surface area contributed by atoms with E-state index in [1.807, 2.05) is 0 Å². The van der Waals surface area contributed by atoms with Crippen molar-refractivity contribution in [3.8, 4) is 0 Å². The minimum absolute atomic E-state index is 0.0237. The number of nitrogens with zero attached hydrogens (tertiary/aromatic N) is 4. The third-order valence-corrected chi connectivity index (χ3v) is 6.26. The van der Waals surface area contributed by atoms with Gasteiger partial charge in [0, 0.05) is 88.8 Å². The second-order valence-corrected chi connectivity index (χ2v) is 8.91. The monoisotopic (exact) mass is 456 g/mol. The first kappa shape index (κ1) is 24.4. The fourth-order valence-corrected chi connectivity index (χ4v) is 4.16. The summed E-state index contributed by atoms with van der Waals surface area (Å²) < 4.78 is 0. The molecule has 0 N–H and O–H groups in total. The Hall–Kier alpha value is -3.23. The van der Waals surface area contributed by atoms with E-state index in [1.165, 1.54) is 13.8 Å². The van der Waals surface area contributed by atoms with Crippen LogP contribution in [0.3, 0.4) is 0 Å². The number of carbonyl (C=O) groups excluding carboxylic acids is 5. The second-order valence-electron chi connectivity index (χ2n) is 8.91. The number of carbonyl (C=O) groups is 5. The zero-order chi connectivity index (χ0) is 24.3. The van der Waals surface area contributed by atoms with E-state index in [4.69, 9.17) is 0 Å². The molecule has 1 aromatic carbocycles. The number of amides is 4. The second kappa shape index (κ2) is 10.1. The lowest BCUT2D eigenvalue weighted by atomic mass is 9.96. The van der Waals surface area contributed by atoms with Gasteiger partial charge in [0.15, 0.2) is 5.78 Å². The Balaban J connectivity index is 1.85. The summed E-state index contributed by atoms with van der Waals surface area (Å²) in [5.74, 6) is -0.981. The molecule has 0 radical (unpaired) electrons. The Morgan fingerprint density at radius 3 is 1.18 bits per heavy atom. The molecule has 2 aliphatic heterocycles. The normalized spacial score (nSPS) is 16.8. The summed E-state index contributed by atoms with van der Waals surface area (Å²) in [5.41, 5.74) is 0.927. The topological polar surface area (TPSA) is 98.3 Å². The number of hydrogen-bond donors (Lipinski definition) is 0. The molecular formula is C24H32N4O5. The molecule has 3 rings (SSSR count). The largest absolute Gasteiger partial charge is 0.339 e. The number of Topliss-reactive ketones (excluding diaryl/α,β-unsaturated/α-hetero) is 1. The van der Waals surface area contributed by atoms with Crippen LogP contribution in [0.2, 0.25) is 0 Å². The predicted octanol–water partition coefficient (Wildman–Crippen LogP) is 1.13. The molecule has 33 heavy (non-hydrogen) atoms. The van der Waals surface area contributed by atoms with Crippen LogP contribution in [0.25, 0.3) is 0 Å². The van der Waals surface area contributed by atoms with Crippen LogP contribution in [0.1, 0.15) is 58.8 Å². The van der Waals surface area contributed by atoms with Gasteiger partial charge in [0.25, 0.3) is 11.8 Å². The summed E-state index contributed by atoms with van der Waals surface area (Å²) in [4.78, 5) is 69.1. The van der Waals surface area contributed by atoms with Crippen molar-refractivity contribution in [1.29, 1.82) is 0 Å².